The molecule has 0 saturated heterocycles. The molecule has 2 heterocycles. The first-order valence-corrected chi connectivity index (χ1v) is 20.2. The number of fused-ring (bicyclic) bond motifs is 12. The predicted molar refractivity (Wildman–Crippen MR) is 239 cm³/mol. The van der Waals surface area contributed by atoms with Gasteiger partial charge in [0.15, 0.2) is 0 Å². The summed E-state index contributed by atoms with van der Waals surface area (Å²) in [5.41, 5.74) is 12.7. The summed E-state index contributed by atoms with van der Waals surface area (Å²) in [4.78, 5) is 2.48. The summed E-state index contributed by atoms with van der Waals surface area (Å²) in [5, 5.41) is 9.82. The highest BCUT2D eigenvalue weighted by atomic mass is 32.1. The largest absolute Gasteiger partial charge is 0.456 e. The molecule has 3 heteroatoms. The molecule has 56 heavy (non-hydrogen) atoms. The minimum Gasteiger partial charge on any atom is -0.456 e. The van der Waals surface area contributed by atoms with Crippen LogP contribution in [0.3, 0.4) is 0 Å². The van der Waals surface area contributed by atoms with E-state index >= 15 is 0 Å². The van der Waals surface area contributed by atoms with Crippen LogP contribution in [-0.2, 0) is 5.41 Å². The molecule has 1 aliphatic rings. The van der Waals surface area contributed by atoms with Crippen molar-refractivity contribution in [3.8, 4) is 22.3 Å². The van der Waals surface area contributed by atoms with E-state index < -0.39 is 0 Å². The van der Waals surface area contributed by atoms with Gasteiger partial charge in [0.25, 0.3) is 0 Å². The zero-order chi connectivity index (χ0) is 37.1. The van der Waals surface area contributed by atoms with E-state index in [4.69, 9.17) is 4.42 Å². The van der Waals surface area contributed by atoms with E-state index in [0.29, 0.717) is 0 Å². The number of hydrogen-bond donors (Lipinski definition) is 0. The number of anilines is 3. The molecule has 1 aliphatic carbocycles. The van der Waals surface area contributed by atoms with E-state index in [1.54, 1.807) is 0 Å². The van der Waals surface area contributed by atoms with Gasteiger partial charge in [-0.1, -0.05) is 129 Å². The standard InChI is InChI=1S/C53H35NOS/c1-53(2)44-20-10-7-17-38(44)39-25-23-33(30-45(39)53)54(34-24-26-41-40-18-8-11-21-47(40)55-48(41)31-34)46-27-28-50-52(42-19-9-12-22-49(42)56-50)51(46)43-29-32-13-3-4-14-35(32)36-15-5-6-16-37(36)43/h3-31H,1-2H3. The van der Waals surface area contributed by atoms with E-state index in [1.807, 2.05) is 17.4 Å². The normalized spacial score (nSPS) is 13.3. The quantitative estimate of drug-likeness (QED) is 0.168. The molecule has 0 N–H and O–H groups in total. The first-order valence-electron chi connectivity index (χ1n) is 19.3. The fourth-order valence-electron chi connectivity index (χ4n) is 9.64. The topological polar surface area (TPSA) is 16.4 Å². The summed E-state index contributed by atoms with van der Waals surface area (Å²) in [6.45, 7) is 4.73. The molecule has 0 amide bonds. The molecule has 0 unspecified atom stereocenters. The zero-order valence-electron chi connectivity index (χ0n) is 31.0. The minimum absolute atomic E-state index is 0.152. The highest BCUT2D eigenvalue weighted by Crippen LogP contribution is 2.54. The Labute approximate surface area is 328 Å². The fourth-order valence-corrected chi connectivity index (χ4v) is 10.8. The van der Waals surface area contributed by atoms with Crippen molar-refractivity contribution < 1.29 is 4.42 Å². The number of furan rings is 1. The van der Waals surface area contributed by atoms with Gasteiger partial charge in [-0.25, -0.2) is 0 Å². The van der Waals surface area contributed by atoms with Crippen LogP contribution in [0.5, 0.6) is 0 Å². The maximum Gasteiger partial charge on any atom is 0.137 e. The van der Waals surface area contributed by atoms with Gasteiger partial charge >= 0.3 is 0 Å². The summed E-state index contributed by atoms with van der Waals surface area (Å²) in [7, 11) is 0. The lowest BCUT2D eigenvalue weighted by molar-refractivity contribution is 0.660. The second-order valence-corrected chi connectivity index (χ2v) is 16.7. The highest BCUT2D eigenvalue weighted by molar-refractivity contribution is 7.26. The van der Waals surface area contributed by atoms with Crippen LogP contribution in [0.4, 0.5) is 17.1 Å². The molecule has 264 valence electrons. The number of hydrogen-bond acceptors (Lipinski definition) is 3. The first-order chi connectivity index (χ1) is 27.5. The van der Waals surface area contributed by atoms with Crippen LogP contribution in [0, 0.1) is 0 Å². The average Bonchev–Trinajstić information content (AvgIpc) is 3.88. The Hall–Kier alpha value is -6.68. The Morgan fingerprint density at radius 3 is 2.00 bits per heavy atom. The molecule has 0 radical (unpaired) electrons. The van der Waals surface area contributed by atoms with Crippen LogP contribution in [0.15, 0.2) is 180 Å². The second-order valence-electron chi connectivity index (χ2n) is 15.6. The van der Waals surface area contributed by atoms with Gasteiger partial charge in [0, 0.05) is 59.4 Å². The van der Waals surface area contributed by atoms with Gasteiger partial charge in [-0.2, -0.15) is 0 Å². The summed E-state index contributed by atoms with van der Waals surface area (Å²) in [6, 6.07) is 64.8. The second kappa shape index (κ2) is 11.7. The molecule has 11 aromatic rings. The zero-order valence-corrected chi connectivity index (χ0v) is 31.8. The van der Waals surface area contributed by atoms with Crippen molar-refractivity contribution in [3.63, 3.8) is 0 Å². The summed E-state index contributed by atoms with van der Waals surface area (Å²) >= 11 is 1.87. The van der Waals surface area contributed by atoms with Gasteiger partial charge in [0.1, 0.15) is 11.2 Å². The van der Waals surface area contributed by atoms with Crippen molar-refractivity contribution in [2.75, 3.05) is 4.90 Å². The van der Waals surface area contributed by atoms with Crippen LogP contribution >= 0.6 is 11.3 Å². The Kier molecular flexibility index (Phi) is 6.59. The Morgan fingerprint density at radius 2 is 1.11 bits per heavy atom. The van der Waals surface area contributed by atoms with E-state index in [2.05, 4.69) is 189 Å². The lowest BCUT2D eigenvalue weighted by atomic mass is 9.82. The van der Waals surface area contributed by atoms with Crippen LogP contribution in [0.25, 0.3) is 85.9 Å². The maximum absolute atomic E-state index is 6.58. The molecule has 12 rings (SSSR count). The van der Waals surface area contributed by atoms with E-state index in [9.17, 15) is 0 Å². The van der Waals surface area contributed by atoms with Crippen molar-refractivity contribution in [2.45, 2.75) is 19.3 Å². The summed E-state index contributed by atoms with van der Waals surface area (Å²) in [6.07, 6.45) is 0. The van der Waals surface area contributed by atoms with Crippen molar-refractivity contribution in [1.29, 1.82) is 0 Å². The van der Waals surface area contributed by atoms with E-state index in [-0.39, 0.29) is 5.41 Å². The Bertz CT molecular complexity index is 3420. The van der Waals surface area contributed by atoms with Crippen molar-refractivity contribution in [3.05, 3.63) is 187 Å². The molecule has 0 saturated carbocycles. The van der Waals surface area contributed by atoms with Gasteiger partial charge in [-0.15, -0.1) is 11.3 Å². The van der Waals surface area contributed by atoms with Crippen molar-refractivity contribution in [2.24, 2.45) is 0 Å². The molecule has 2 aromatic heterocycles. The van der Waals surface area contributed by atoms with Gasteiger partial charge in [0.2, 0.25) is 0 Å². The van der Waals surface area contributed by atoms with Gasteiger partial charge in [0.05, 0.1) is 5.69 Å². The third-order valence-electron chi connectivity index (χ3n) is 12.2. The van der Waals surface area contributed by atoms with Gasteiger partial charge in [-0.3, -0.25) is 0 Å². The summed E-state index contributed by atoms with van der Waals surface area (Å²) < 4.78 is 9.14. The molecule has 2 nitrogen and oxygen atoms in total. The molecule has 9 aromatic carbocycles. The van der Waals surface area contributed by atoms with Crippen LogP contribution in [0.2, 0.25) is 0 Å². The van der Waals surface area contributed by atoms with Gasteiger partial charge in [-0.05, 0) is 104 Å². The van der Waals surface area contributed by atoms with Crippen LogP contribution in [-0.4, -0.2) is 0 Å². The monoisotopic (exact) mass is 733 g/mol. The maximum atomic E-state index is 6.58. The van der Waals surface area contributed by atoms with Gasteiger partial charge < -0.3 is 9.32 Å². The predicted octanol–water partition coefficient (Wildman–Crippen LogP) is 15.7. The number of nitrogens with zero attached hydrogens (tertiary/aromatic N) is 1. The number of rotatable bonds is 4. The molecular weight excluding hydrogens is 699 g/mol. The number of para-hydroxylation sites is 1. The number of thiophene rings is 1. The van der Waals surface area contributed by atoms with Crippen molar-refractivity contribution >= 4 is 92.1 Å². The Morgan fingerprint density at radius 1 is 0.446 bits per heavy atom. The molecule has 0 spiro atoms. The molecule has 0 atom stereocenters. The fraction of sp³-hybridized carbons (Fsp3) is 0.0566. The molecule has 0 fully saturated rings. The summed E-state index contributed by atoms with van der Waals surface area (Å²) in [5.74, 6) is 0. The third-order valence-corrected chi connectivity index (χ3v) is 13.4. The minimum atomic E-state index is -0.152. The highest BCUT2D eigenvalue weighted by Gasteiger charge is 2.36. The first kappa shape index (κ1) is 31.6. The third kappa shape index (κ3) is 4.43. The van der Waals surface area contributed by atoms with Crippen LogP contribution in [0.1, 0.15) is 25.0 Å². The van der Waals surface area contributed by atoms with Crippen LogP contribution < -0.4 is 4.90 Å². The lowest BCUT2D eigenvalue weighted by Crippen LogP contribution is -2.17. The van der Waals surface area contributed by atoms with Crippen molar-refractivity contribution in [1.82, 2.24) is 0 Å². The Balaban J connectivity index is 1.21. The molecule has 0 bridgehead atoms. The average molecular weight is 734 g/mol. The smallest absolute Gasteiger partial charge is 0.137 e. The SMILES string of the molecule is CC1(C)c2ccccc2-c2ccc(N(c3ccc4c(c3)oc3ccccc34)c3ccc4sc5ccccc5c4c3-c3cc4ccccc4c4ccccc34)cc21. The number of benzene rings is 9. The van der Waals surface area contributed by atoms with E-state index in [0.717, 1.165) is 39.0 Å². The van der Waals surface area contributed by atoms with E-state index in [1.165, 1.54) is 75.1 Å². The molecular formula is C53H35NOS. The molecule has 0 aliphatic heterocycles. The lowest BCUT2D eigenvalue weighted by Gasteiger charge is -2.30.